The Hall–Kier alpha value is -0.720. The molecular formula is C7H9IN2O2. The maximum absolute atomic E-state index is 11.1. The Bertz CT molecular complexity index is 296. The van der Waals surface area contributed by atoms with E-state index in [0.717, 1.165) is 5.69 Å². The van der Waals surface area contributed by atoms with Gasteiger partial charge in [0.15, 0.2) is 0 Å². The first-order valence-corrected chi connectivity index (χ1v) is 4.38. The Balaban J connectivity index is 2.99. The fourth-order valence-corrected chi connectivity index (χ4v) is 1.22. The summed E-state index contributed by atoms with van der Waals surface area (Å²) < 4.78 is 9.21. The summed E-state index contributed by atoms with van der Waals surface area (Å²) in [5.41, 5.74) is 1.43. The predicted octanol–water partition coefficient (Wildman–Crippen LogP) is 1.57. The molecular weight excluding hydrogens is 271 g/mol. The van der Waals surface area contributed by atoms with Crippen LogP contribution in [0.25, 0.3) is 0 Å². The van der Waals surface area contributed by atoms with Crippen molar-refractivity contribution in [2.24, 2.45) is 7.05 Å². The number of anilines is 1. The SMILES string of the molecule is COC(=O)c1cc(NI)cn1C. The molecule has 12 heavy (non-hydrogen) atoms. The van der Waals surface area contributed by atoms with Crippen LogP contribution in [0.5, 0.6) is 0 Å². The molecule has 0 bridgehead atoms. The lowest BCUT2D eigenvalue weighted by molar-refractivity contribution is 0.0590. The Morgan fingerprint density at radius 3 is 2.83 bits per heavy atom. The molecule has 1 rings (SSSR count). The Kier molecular flexibility index (Phi) is 2.96. The zero-order chi connectivity index (χ0) is 9.14. The van der Waals surface area contributed by atoms with Gasteiger partial charge in [0, 0.05) is 13.2 Å². The number of aromatic nitrogens is 1. The molecule has 5 heteroatoms. The molecule has 0 unspecified atom stereocenters. The van der Waals surface area contributed by atoms with Crippen molar-refractivity contribution in [1.29, 1.82) is 0 Å². The largest absolute Gasteiger partial charge is 0.464 e. The van der Waals surface area contributed by atoms with E-state index in [1.165, 1.54) is 7.11 Å². The first-order chi connectivity index (χ1) is 5.69. The van der Waals surface area contributed by atoms with Gasteiger partial charge in [0.2, 0.25) is 0 Å². The maximum atomic E-state index is 11.1. The first-order valence-electron chi connectivity index (χ1n) is 3.30. The Labute approximate surface area is 84.4 Å². The smallest absolute Gasteiger partial charge is 0.354 e. The van der Waals surface area contributed by atoms with Crippen LogP contribution in [0.1, 0.15) is 10.5 Å². The van der Waals surface area contributed by atoms with Crippen LogP contribution in [-0.2, 0) is 11.8 Å². The van der Waals surface area contributed by atoms with Gasteiger partial charge >= 0.3 is 5.97 Å². The summed E-state index contributed by atoms with van der Waals surface area (Å²) in [4.78, 5) is 11.1. The van der Waals surface area contributed by atoms with E-state index in [2.05, 4.69) is 8.27 Å². The molecule has 4 nitrogen and oxygen atoms in total. The van der Waals surface area contributed by atoms with Crippen LogP contribution in [-0.4, -0.2) is 17.6 Å². The van der Waals surface area contributed by atoms with Gasteiger partial charge < -0.3 is 12.8 Å². The van der Waals surface area contributed by atoms with Crippen LogP contribution < -0.4 is 3.53 Å². The molecule has 0 aliphatic heterocycles. The standard InChI is InChI=1S/C7H9IN2O2/c1-10-4-5(9-8)3-6(10)7(11)12-2/h3-4,9H,1-2H3. The minimum atomic E-state index is -0.324. The van der Waals surface area contributed by atoms with E-state index in [1.807, 2.05) is 29.1 Å². The summed E-state index contributed by atoms with van der Waals surface area (Å²) in [7, 11) is 3.16. The van der Waals surface area contributed by atoms with Crippen molar-refractivity contribution in [2.45, 2.75) is 0 Å². The number of rotatable bonds is 2. The molecule has 66 valence electrons. The van der Waals surface area contributed by atoms with Gasteiger partial charge in [-0.1, -0.05) is 0 Å². The zero-order valence-corrected chi connectivity index (χ0v) is 8.95. The highest BCUT2D eigenvalue weighted by Gasteiger charge is 2.10. The molecule has 0 radical (unpaired) electrons. The summed E-state index contributed by atoms with van der Waals surface area (Å²) in [6, 6.07) is 1.73. The molecule has 1 aromatic heterocycles. The fourth-order valence-electron chi connectivity index (χ4n) is 0.924. The summed E-state index contributed by atoms with van der Waals surface area (Å²) in [6.45, 7) is 0. The fraction of sp³-hybridized carbons (Fsp3) is 0.286. The topological polar surface area (TPSA) is 43.3 Å². The number of esters is 1. The van der Waals surface area contributed by atoms with Gasteiger partial charge in [-0.15, -0.1) is 0 Å². The Morgan fingerprint density at radius 1 is 1.75 bits per heavy atom. The minimum absolute atomic E-state index is 0.324. The monoisotopic (exact) mass is 280 g/mol. The van der Waals surface area contributed by atoms with Crippen LogP contribution in [0.15, 0.2) is 12.3 Å². The molecule has 1 N–H and O–H groups in total. The van der Waals surface area contributed by atoms with E-state index in [-0.39, 0.29) is 5.97 Å². The average molecular weight is 280 g/mol. The number of carbonyl (C=O) groups is 1. The minimum Gasteiger partial charge on any atom is -0.464 e. The lowest BCUT2D eigenvalue weighted by atomic mass is 10.4. The number of carbonyl (C=O) groups excluding carboxylic acids is 1. The van der Waals surface area contributed by atoms with E-state index in [9.17, 15) is 4.79 Å². The van der Waals surface area contributed by atoms with Gasteiger partial charge in [-0.25, -0.2) is 4.79 Å². The highest BCUT2D eigenvalue weighted by Crippen LogP contribution is 2.14. The lowest BCUT2D eigenvalue weighted by Gasteiger charge is -1.98. The second-order valence-electron chi connectivity index (χ2n) is 2.31. The molecule has 0 amide bonds. The molecule has 0 saturated carbocycles. The summed E-state index contributed by atoms with van der Waals surface area (Å²) in [5.74, 6) is -0.324. The van der Waals surface area contributed by atoms with E-state index in [0.29, 0.717) is 5.69 Å². The number of methoxy groups -OCH3 is 1. The summed E-state index contributed by atoms with van der Waals surface area (Å²) >= 11 is 2.00. The number of aryl methyl sites for hydroxylation is 1. The number of hydrogen-bond donors (Lipinski definition) is 1. The maximum Gasteiger partial charge on any atom is 0.354 e. The number of nitrogens with one attached hydrogen (secondary N) is 1. The second kappa shape index (κ2) is 3.79. The van der Waals surface area contributed by atoms with Gasteiger partial charge in [0.1, 0.15) is 5.69 Å². The van der Waals surface area contributed by atoms with E-state index in [4.69, 9.17) is 0 Å². The van der Waals surface area contributed by atoms with Gasteiger partial charge in [-0.05, 0) is 6.07 Å². The highest BCUT2D eigenvalue weighted by molar-refractivity contribution is 14.1. The van der Waals surface area contributed by atoms with E-state index < -0.39 is 0 Å². The van der Waals surface area contributed by atoms with Crippen molar-refractivity contribution in [1.82, 2.24) is 4.57 Å². The quantitative estimate of drug-likeness (QED) is 0.508. The molecule has 0 aromatic carbocycles. The molecule has 0 fully saturated rings. The van der Waals surface area contributed by atoms with Crippen LogP contribution in [0.2, 0.25) is 0 Å². The normalized spacial score (nSPS) is 9.58. The van der Waals surface area contributed by atoms with Crippen molar-refractivity contribution >= 4 is 34.5 Å². The number of hydrogen-bond acceptors (Lipinski definition) is 3. The van der Waals surface area contributed by atoms with Crippen molar-refractivity contribution in [3.05, 3.63) is 18.0 Å². The number of ether oxygens (including phenoxy) is 1. The molecule has 0 atom stereocenters. The van der Waals surface area contributed by atoms with Crippen molar-refractivity contribution < 1.29 is 9.53 Å². The van der Waals surface area contributed by atoms with E-state index >= 15 is 0 Å². The van der Waals surface area contributed by atoms with Crippen molar-refractivity contribution in [3.8, 4) is 0 Å². The number of nitrogens with zero attached hydrogens (tertiary/aromatic N) is 1. The second-order valence-corrected chi connectivity index (χ2v) is 2.85. The summed E-state index contributed by atoms with van der Waals surface area (Å²) in [5, 5.41) is 0. The van der Waals surface area contributed by atoms with Crippen molar-refractivity contribution in [2.75, 3.05) is 10.6 Å². The van der Waals surface area contributed by atoms with Crippen molar-refractivity contribution in [3.63, 3.8) is 0 Å². The number of halogens is 1. The molecule has 0 aliphatic carbocycles. The molecule has 1 heterocycles. The van der Waals surface area contributed by atoms with E-state index in [1.54, 1.807) is 17.7 Å². The predicted molar refractivity (Wildman–Crippen MR) is 54.4 cm³/mol. The lowest BCUT2D eigenvalue weighted by Crippen LogP contribution is -2.06. The third kappa shape index (κ3) is 1.71. The zero-order valence-electron chi connectivity index (χ0n) is 6.80. The van der Waals surface area contributed by atoms with Crippen LogP contribution in [0.4, 0.5) is 5.69 Å². The molecule has 1 aromatic rings. The van der Waals surface area contributed by atoms with Gasteiger partial charge in [0.25, 0.3) is 0 Å². The third-order valence-electron chi connectivity index (χ3n) is 1.51. The van der Waals surface area contributed by atoms with Gasteiger partial charge in [-0.2, -0.15) is 0 Å². The van der Waals surface area contributed by atoms with Crippen LogP contribution >= 0.6 is 22.9 Å². The molecule has 0 saturated heterocycles. The van der Waals surface area contributed by atoms with Gasteiger partial charge in [0.05, 0.1) is 35.7 Å². The van der Waals surface area contributed by atoms with Gasteiger partial charge in [-0.3, -0.25) is 0 Å². The first kappa shape index (κ1) is 9.37. The van der Waals surface area contributed by atoms with Crippen LogP contribution in [0, 0.1) is 0 Å². The Morgan fingerprint density at radius 2 is 2.42 bits per heavy atom. The summed E-state index contributed by atoms with van der Waals surface area (Å²) in [6.07, 6.45) is 1.82. The third-order valence-corrected chi connectivity index (χ3v) is 2.13. The van der Waals surface area contributed by atoms with Crippen LogP contribution in [0.3, 0.4) is 0 Å². The molecule has 0 aliphatic rings. The molecule has 0 spiro atoms. The average Bonchev–Trinajstić information content (AvgIpc) is 2.45. The highest BCUT2D eigenvalue weighted by atomic mass is 127.